The summed E-state index contributed by atoms with van der Waals surface area (Å²) in [6.45, 7) is 1.94. The molecule has 5 rings (SSSR count). The van der Waals surface area contributed by atoms with Crippen molar-refractivity contribution in [1.82, 2.24) is 10.7 Å². The molecular formula is C37H33Cl2N3O5. The van der Waals surface area contributed by atoms with Crippen molar-refractivity contribution in [1.29, 1.82) is 0 Å². The molecule has 2 N–H and O–H groups in total. The lowest BCUT2D eigenvalue weighted by Gasteiger charge is -2.21. The van der Waals surface area contributed by atoms with Crippen LogP contribution in [0, 0.1) is 0 Å². The number of amides is 2. The molecule has 10 heteroatoms. The Balaban J connectivity index is 1.23. The first kappa shape index (κ1) is 33.3. The molecular weight excluding hydrogens is 637 g/mol. The highest BCUT2D eigenvalue weighted by molar-refractivity contribution is 6.35. The molecule has 5 aromatic rings. The van der Waals surface area contributed by atoms with Crippen LogP contribution < -0.4 is 25.0 Å². The first-order chi connectivity index (χ1) is 22.8. The molecule has 0 fully saturated rings. The lowest BCUT2D eigenvalue weighted by atomic mass is 10.1. The molecule has 0 unspecified atom stereocenters. The smallest absolute Gasteiger partial charge is 0.262 e. The summed E-state index contributed by atoms with van der Waals surface area (Å²) >= 11 is 12.2. The van der Waals surface area contributed by atoms with E-state index >= 15 is 0 Å². The van der Waals surface area contributed by atoms with Crippen LogP contribution in [0.25, 0.3) is 10.8 Å². The quantitative estimate of drug-likeness (QED) is 0.101. The number of nitrogens with one attached hydrogen (secondary N) is 2. The molecule has 0 aromatic heterocycles. The second-order valence-corrected chi connectivity index (χ2v) is 11.5. The SMILES string of the molecule is COc1cc(/C=N\NC(=O)[C@H](Cc2ccccc2)NC(=O)[C@H](C)Oc2ccc(Cl)cc2Cl)ccc1OCc1cccc2ccccc12. The summed E-state index contributed by atoms with van der Waals surface area (Å²) in [4.78, 5) is 26.4. The average Bonchev–Trinajstić information content (AvgIpc) is 3.08. The Morgan fingerprint density at radius 2 is 1.57 bits per heavy atom. The lowest BCUT2D eigenvalue weighted by molar-refractivity contribution is -0.132. The minimum Gasteiger partial charge on any atom is -0.493 e. The number of fused-ring (bicyclic) bond motifs is 1. The maximum absolute atomic E-state index is 13.3. The van der Waals surface area contributed by atoms with Crippen LogP contribution in [-0.2, 0) is 22.6 Å². The molecule has 0 aliphatic heterocycles. The van der Waals surface area contributed by atoms with Gasteiger partial charge in [-0.15, -0.1) is 0 Å². The molecule has 0 heterocycles. The van der Waals surface area contributed by atoms with Crippen LogP contribution in [0.3, 0.4) is 0 Å². The Morgan fingerprint density at radius 1 is 0.830 bits per heavy atom. The molecule has 0 saturated heterocycles. The second kappa shape index (κ2) is 16.0. The number of ether oxygens (including phenoxy) is 3. The van der Waals surface area contributed by atoms with Gasteiger partial charge in [0.1, 0.15) is 18.4 Å². The fourth-order valence-corrected chi connectivity index (χ4v) is 5.32. The van der Waals surface area contributed by atoms with Gasteiger partial charge in [-0.2, -0.15) is 5.10 Å². The first-order valence-electron chi connectivity index (χ1n) is 14.9. The van der Waals surface area contributed by atoms with Gasteiger partial charge < -0.3 is 19.5 Å². The predicted molar refractivity (Wildman–Crippen MR) is 186 cm³/mol. The Hall–Kier alpha value is -5.05. The Labute approximate surface area is 283 Å². The monoisotopic (exact) mass is 669 g/mol. The van der Waals surface area contributed by atoms with Gasteiger partial charge >= 0.3 is 0 Å². The summed E-state index contributed by atoms with van der Waals surface area (Å²) in [5.74, 6) is 0.387. The predicted octanol–water partition coefficient (Wildman–Crippen LogP) is 7.38. The highest BCUT2D eigenvalue weighted by Gasteiger charge is 2.25. The van der Waals surface area contributed by atoms with Gasteiger partial charge in [-0.25, -0.2) is 5.43 Å². The number of hydrogen-bond acceptors (Lipinski definition) is 6. The molecule has 5 aromatic carbocycles. The molecule has 47 heavy (non-hydrogen) atoms. The van der Waals surface area contributed by atoms with Crippen LogP contribution in [-0.4, -0.2) is 37.3 Å². The lowest BCUT2D eigenvalue weighted by Crippen LogP contribution is -2.50. The topological polar surface area (TPSA) is 98.2 Å². The third-order valence-corrected chi connectivity index (χ3v) is 7.85. The third-order valence-electron chi connectivity index (χ3n) is 7.32. The zero-order chi connectivity index (χ0) is 33.2. The average molecular weight is 671 g/mol. The molecule has 8 nitrogen and oxygen atoms in total. The number of benzene rings is 5. The summed E-state index contributed by atoms with van der Waals surface area (Å²) in [7, 11) is 1.56. The summed E-state index contributed by atoms with van der Waals surface area (Å²) in [6, 6.07) is 32.8. The van der Waals surface area contributed by atoms with Gasteiger partial charge in [0, 0.05) is 11.4 Å². The van der Waals surface area contributed by atoms with E-state index in [0.717, 1.165) is 21.9 Å². The minimum atomic E-state index is -0.947. The number of hydrazone groups is 1. The number of carbonyl (C=O) groups is 2. The van der Waals surface area contributed by atoms with Crippen LogP contribution in [0.4, 0.5) is 0 Å². The van der Waals surface area contributed by atoms with E-state index in [-0.39, 0.29) is 11.4 Å². The number of rotatable bonds is 13. The van der Waals surface area contributed by atoms with E-state index in [1.54, 1.807) is 44.4 Å². The van der Waals surface area contributed by atoms with Crippen molar-refractivity contribution in [3.05, 3.63) is 136 Å². The van der Waals surface area contributed by atoms with Crippen LogP contribution in [0.15, 0.2) is 114 Å². The van der Waals surface area contributed by atoms with Gasteiger partial charge in [0.25, 0.3) is 11.8 Å². The fourth-order valence-electron chi connectivity index (χ4n) is 4.87. The van der Waals surface area contributed by atoms with Crippen molar-refractivity contribution in [3.8, 4) is 17.2 Å². The van der Waals surface area contributed by atoms with Crippen LogP contribution in [0.1, 0.15) is 23.6 Å². The molecule has 0 saturated carbocycles. The van der Waals surface area contributed by atoms with Gasteiger partial charge in [0.2, 0.25) is 0 Å². The Kier molecular flexibility index (Phi) is 11.3. The maximum Gasteiger partial charge on any atom is 0.262 e. The van der Waals surface area contributed by atoms with Crippen molar-refractivity contribution < 1.29 is 23.8 Å². The minimum absolute atomic E-state index is 0.235. The third kappa shape index (κ3) is 9.03. The Morgan fingerprint density at radius 3 is 2.36 bits per heavy atom. The van der Waals surface area contributed by atoms with E-state index in [0.29, 0.717) is 34.4 Å². The van der Waals surface area contributed by atoms with Crippen LogP contribution in [0.2, 0.25) is 10.0 Å². The normalized spacial score (nSPS) is 12.3. The fraction of sp³-hybridized carbons (Fsp3) is 0.162. The first-order valence-corrected chi connectivity index (χ1v) is 15.6. The molecule has 0 aliphatic rings. The standard InChI is InChI=1S/C37H33Cl2N3O5/c1-24(47-33-18-16-29(38)21-31(33)39)36(43)41-32(19-25-9-4-3-5-10-25)37(44)42-40-22-26-15-17-34(35(20-26)45-2)46-23-28-13-8-12-27-11-6-7-14-30(27)28/h3-18,20-22,24,32H,19,23H2,1-2H3,(H,41,43)(H,42,44)/b40-22-/t24-,32-/m0/s1. The highest BCUT2D eigenvalue weighted by Crippen LogP contribution is 2.30. The summed E-state index contributed by atoms with van der Waals surface area (Å²) in [6.07, 6.45) is 0.779. The van der Waals surface area contributed by atoms with E-state index in [1.165, 1.54) is 12.3 Å². The molecule has 0 radical (unpaired) electrons. The highest BCUT2D eigenvalue weighted by atomic mass is 35.5. The van der Waals surface area contributed by atoms with Gasteiger partial charge in [-0.3, -0.25) is 9.59 Å². The van der Waals surface area contributed by atoms with Crippen molar-refractivity contribution in [2.75, 3.05) is 7.11 Å². The van der Waals surface area contributed by atoms with E-state index in [9.17, 15) is 9.59 Å². The maximum atomic E-state index is 13.3. The molecule has 0 spiro atoms. The van der Waals surface area contributed by atoms with Gasteiger partial charge in [-0.1, -0.05) is 96.0 Å². The van der Waals surface area contributed by atoms with Crippen molar-refractivity contribution >= 4 is 52.0 Å². The van der Waals surface area contributed by atoms with E-state index in [2.05, 4.69) is 34.0 Å². The molecule has 240 valence electrons. The van der Waals surface area contributed by atoms with E-state index in [1.807, 2.05) is 54.6 Å². The molecule has 0 bridgehead atoms. The summed E-state index contributed by atoms with van der Waals surface area (Å²) in [5.41, 5.74) is 5.13. The number of halogens is 2. The summed E-state index contributed by atoms with van der Waals surface area (Å²) in [5, 5.41) is 9.90. The zero-order valence-electron chi connectivity index (χ0n) is 25.8. The van der Waals surface area contributed by atoms with E-state index < -0.39 is 24.0 Å². The second-order valence-electron chi connectivity index (χ2n) is 10.7. The molecule has 2 amide bonds. The number of carbonyl (C=O) groups excluding carboxylic acids is 2. The van der Waals surface area contributed by atoms with Gasteiger partial charge in [-0.05, 0) is 70.8 Å². The number of methoxy groups -OCH3 is 1. The molecule has 0 aliphatic carbocycles. The van der Waals surface area contributed by atoms with Gasteiger partial charge in [0.15, 0.2) is 17.6 Å². The van der Waals surface area contributed by atoms with Crippen molar-refractivity contribution in [2.24, 2.45) is 5.10 Å². The van der Waals surface area contributed by atoms with Crippen LogP contribution in [0.5, 0.6) is 17.2 Å². The number of nitrogens with zero attached hydrogens (tertiary/aromatic N) is 1. The van der Waals surface area contributed by atoms with Crippen LogP contribution >= 0.6 is 23.2 Å². The largest absolute Gasteiger partial charge is 0.493 e. The zero-order valence-corrected chi connectivity index (χ0v) is 27.3. The Bertz CT molecular complexity index is 1880. The van der Waals surface area contributed by atoms with Crippen molar-refractivity contribution in [2.45, 2.75) is 32.1 Å². The summed E-state index contributed by atoms with van der Waals surface area (Å²) < 4.78 is 17.4. The number of hydrogen-bond donors (Lipinski definition) is 2. The van der Waals surface area contributed by atoms with Crippen molar-refractivity contribution in [3.63, 3.8) is 0 Å². The molecule has 2 atom stereocenters. The van der Waals surface area contributed by atoms with Gasteiger partial charge in [0.05, 0.1) is 18.3 Å². The van der Waals surface area contributed by atoms with E-state index in [4.69, 9.17) is 37.4 Å².